The topological polar surface area (TPSA) is 65.1 Å². The van der Waals surface area contributed by atoms with Crippen LogP contribution in [0.5, 0.6) is 0 Å². The molecule has 2 aromatic rings. The minimum Gasteiger partial charge on any atom is -0.462 e. The first kappa shape index (κ1) is 28.1. The molecule has 0 N–H and O–H groups in total. The van der Waals surface area contributed by atoms with E-state index in [0.29, 0.717) is 38.4 Å². The number of nitrogens with zero attached hydrogens (tertiary/aromatic N) is 1. The van der Waals surface area contributed by atoms with Crippen molar-refractivity contribution >= 4 is 40.3 Å². The summed E-state index contributed by atoms with van der Waals surface area (Å²) in [5, 5.41) is 2.56. The highest BCUT2D eigenvalue weighted by molar-refractivity contribution is 6.99. The zero-order valence-corrected chi connectivity index (χ0v) is 23.9. The Kier molecular flexibility index (Phi) is 11.6. The van der Waals surface area contributed by atoms with Gasteiger partial charge in [0.25, 0.3) is 0 Å². The SMILES string of the molecule is C=C(C)C(=O)OCCC[SiH2]O[Si](CCCOCCN1CCCC1=O)(c1ccccc1)c1ccccc1. The number of carbonyl (C=O) groups excluding carboxylic acids is 2. The van der Waals surface area contributed by atoms with Crippen molar-refractivity contribution in [2.75, 3.05) is 32.9 Å². The number of rotatable bonds is 16. The first-order valence-corrected chi connectivity index (χ1v) is 16.7. The summed E-state index contributed by atoms with van der Waals surface area (Å²) >= 11 is 0. The molecule has 3 rings (SSSR count). The minimum atomic E-state index is -2.45. The van der Waals surface area contributed by atoms with Gasteiger partial charge in [-0.2, -0.15) is 0 Å². The molecule has 1 amide bonds. The summed E-state index contributed by atoms with van der Waals surface area (Å²) in [6, 6.07) is 23.1. The molecule has 1 aliphatic heterocycles. The lowest BCUT2D eigenvalue weighted by Crippen LogP contribution is -2.61. The van der Waals surface area contributed by atoms with Gasteiger partial charge in [-0.25, -0.2) is 4.79 Å². The van der Waals surface area contributed by atoms with Crippen LogP contribution in [-0.2, 0) is 23.2 Å². The minimum absolute atomic E-state index is 0.242. The summed E-state index contributed by atoms with van der Waals surface area (Å²) in [6.45, 7) is 8.45. The lowest BCUT2D eigenvalue weighted by Gasteiger charge is -2.33. The first-order chi connectivity index (χ1) is 17.5. The lowest BCUT2D eigenvalue weighted by atomic mass is 10.4. The van der Waals surface area contributed by atoms with Gasteiger partial charge in [-0.15, -0.1) is 0 Å². The number of benzene rings is 2. The number of amides is 1. The second-order valence-corrected chi connectivity index (χ2v) is 14.8. The van der Waals surface area contributed by atoms with Crippen LogP contribution in [0.2, 0.25) is 12.1 Å². The van der Waals surface area contributed by atoms with Crippen molar-refractivity contribution in [2.24, 2.45) is 0 Å². The summed E-state index contributed by atoms with van der Waals surface area (Å²) in [5.74, 6) is -0.0880. The zero-order valence-electron chi connectivity index (χ0n) is 21.5. The predicted octanol–water partition coefficient (Wildman–Crippen LogP) is 2.80. The molecule has 194 valence electrons. The van der Waals surface area contributed by atoms with E-state index in [1.165, 1.54) is 10.4 Å². The summed E-state index contributed by atoms with van der Waals surface area (Å²) in [5.41, 5.74) is 0.428. The van der Waals surface area contributed by atoms with Crippen LogP contribution in [0.3, 0.4) is 0 Å². The molecular weight excluding hydrogens is 486 g/mol. The number of carbonyl (C=O) groups is 2. The highest BCUT2D eigenvalue weighted by Gasteiger charge is 2.38. The van der Waals surface area contributed by atoms with Crippen LogP contribution < -0.4 is 10.4 Å². The van der Waals surface area contributed by atoms with E-state index in [2.05, 4.69) is 55.1 Å². The highest BCUT2D eigenvalue weighted by atomic mass is 28.4. The Labute approximate surface area is 218 Å². The molecule has 0 unspecified atom stereocenters. The molecular formula is C28H39NO5Si2. The third-order valence-electron chi connectivity index (χ3n) is 6.44. The molecule has 0 saturated carbocycles. The largest absolute Gasteiger partial charge is 0.462 e. The molecule has 0 bridgehead atoms. The molecule has 1 heterocycles. The Bertz CT molecular complexity index is 931. The molecule has 0 atom stereocenters. The fourth-order valence-corrected chi connectivity index (χ4v) is 11.8. The van der Waals surface area contributed by atoms with Crippen LogP contribution >= 0.6 is 0 Å². The Hall–Kier alpha value is -2.53. The third kappa shape index (κ3) is 8.26. The van der Waals surface area contributed by atoms with Crippen molar-refractivity contribution in [3.63, 3.8) is 0 Å². The molecule has 0 spiro atoms. The third-order valence-corrected chi connectivity index (χ3v) is 13.6. The first-order valence-electron chi connectivity index (χ1n) is 13.0. The fraction of sp³-hybridized carbons (Fsp3) is 0.429. The van der Waals surface area contributed by atoms with Crippen molar-refractivity contribution in [1.82, 2.24) is 4.90 Å². The van der Waals surface area contributed by atoms with E-state index in [4.69, 9.17) is 13.6 Å². The molecule has 2 aromatic carbocycles. The van der Waals surface area contributed by atoms with Crippen molar-refractivity contribution < 1.29 is 23.2 Å². The van der Waals surface area contributed by atoms with Gasteiger partial charge in [0.05, 0.1) is 13.2 Å². The van der Waals surface area contributed by atoms with Crippen LogP contribution in [0.4, 0.5) is 0 Å². The fourth-order valence-electron chi connectivity index (χ4n) is 4.49. The molecule has 0 aromatic heterocycles. The van der Waals surface area contributed by atoms with E-state index in [0.717, 1.165) is 37.9 Å². The van der Waals surface area contributed by atoms with Gasteiger partial charge in [0, 0.05) is 31.7 Å². The van der Waals surface area contributed by atoms with Crippen molar-refractivity contribution in [1.29, 1.82) is 0 Å². The van der Waals surface area contributed by atoms with Gasteiger partial charge < -0.3 is 18.5 Å². The Balaban J connectivity index is 1.60. The standard InChI is InChI=1S/C28H39NO5Si2/c1-24(2)28(31)33-20-10-22-35-34-36(25-12-5-3-6-13-25,26-14-7-4-8-15-26)23-11-19-32-21-18-29-17-9-16-27(29)30/h3-8,12-15H,1,9-11,16-23,35H2,2H3. The van der Waals surface area contributed by atoms with Gasteiger partial charge in [-0.05, 0) is 48.6 Å². The van der Waals surface area contributed by atoms with Crippen LogP contribution in [0.15, 0.2) is 72.8 Å². The van der Waals surface area contributed by atoms with Gasteiger partial charge in [0.1, 0.15) is 9.76 Å². The number of ether oxygens (including phenoxy) is 2. The maximum atomic E-state index is 11.8. The van der Waals surface area contributed by atoms with Crippen molar-refractivity contribution in [3.8, 4) is 0 Å². The Morgan fingerprint density at radius 2 is 1.67 bits per heavy atom. The Morgan fingerprint density at radius 3 is 2.25 bits per heavy atom. The van der Waals surface area contributed by atoms with Gasteiger partial charge in [0.15, 0.2) is 0 Å². The average Bonchev–Trinajstić information content (AvgIpc) is 3.32. The summed E-state index contributed by atoms with van der Waals surface area (Å²) in [4.78, 5) is 25.3. The van der Waals surface area contributed by atoms with Gasteiger partial charge in [-0.1, -0.05) is 67.2 Å². The van der Waals surface area contributed by atoms with Crippen molar-refractivity contribution in [2.45, 2.75) is 44.7 Å². The molecule has 1 fully saturated rings. The van der Waals surface area contributed by atoms with Crippen LogP contribution in [0.1, 0.15) is 32.6 Å². The second-order valence-electron chi connectivity index (χ2n) is 9.23. The maximum absolute atomic E-state index is 11.8. The zero-order chi connectivity index (χ0) is 25.6. The molecule has 6 nitrogen and oxygen atoms in total. The normalized spacial score (nSPS) is 14.0. The summed E-state index contributed by atoms with van der Waals surface area (Å²) in [6.07, 6.45) is 3.32. The second kappa shape index (κ2) is 14.9. The molecule has 1 aliphatic rings. The molecule has 8 heteroatoms. The molecule has 36 heavy (non-hydrogen) atoms. The number of hydrogen-bond acceptors (Lipinski definition) is 5. The molecule has 1 saturated heterocycles. The monoisotopic (exact) mass is 525 g/mol. The van der Waals surface area contributed by atoms with E-state index in [-0.39, 0.29) is 11.9 Å². The maximum Gasteiger partial charge on any atom is 0.333 e. The van der Waals surface area contributed by atoms with Gasteiger partial charge in [0.2, 0.25) is 14.2 Å². The van der Waals surface area contributed by atoms with Gasteiger partial charge in [-0.3, -0.25) is 4.79 Å². The van der Waals surface area contributed by atoms with E-state index >= 15 is 0 Å². The Morgan fingerprint density at radius 1 is 1.00 bits per heavy atom. The van der Waals surface area contributed by atoms with Crippen LogP contribution in [-0.4, -0.2) is 67.8 Å². The predicted molar refractivity (Wildman–Crippen MR) is 149 cm³/mol. The smallest absolute Gasteiger partial charge is 0.333 e. The number of hydrogen-bond donors (Lipinski definition) is 0. The average molecular weight is 526 g/mol. The molecule has 0 radical (unpaired) electrons. The highest BCUT2D eigenvalue weighted by Crippen LogP contribution is 2.17. The number of likely N-dealkylation sites (tertiary alicyclic amines) is 1. The van der Waals surface area contributed by atoms with Crippen LogP contribution in [0, 0.1) is 0 Å². The van der Waals surface area contributed by atoms with E-state index in [9.17, 15) is 9.59 Å². The van der Waals surface area contributed by atoms with Crippen LogP contribution in [0.25, 0.3) is 0 Å². The van der Waals surface area contributed by atoms with Crippen molar-refractivity contribution in [3.05, 3.63) is 72.8 Å². The quantitative estimate of drug-likeness (QED) is 0.146. The van der Waals surface area contributed by atoms with E-state index < -0.39 is 18.1 Å². The summed E-state index contributed by atoms with van der Waals surface area (Å²) < 4.78 is 18.2. The van der Waals surface area contributed by atoms with E-state index in [1.807, 2.05) is 17.0 Å². The summed E-state index contributed by atoms with van der Waals surface area (Å²) in [7, 11) is -3.29. The lowest BCUT2D eigenvalue weighted by molar-refractivity contribution is -0.139. The number of esters is 1. The van der Waals surface area contributed by atoms with E-state index in [1.54, 1.807) is 6.92 Å². The van der Waals surface area contributed by atoms with Gasteiger partial charge >= 0.3 is 5.97 Å². The molecule has 0 aliphatic carbocycles.